The van der Waals surface area contributed by atoms with E-state index in [0.717, 1.165) is 10.8 Å². The Morgan fingerprint density at radius 3 is 2.64 bits per heavy atom. The summed E-state index contributed by atoms with van der Waals surface area (Å²) >= 11 is 0. The Kier molecular flexibility index (Phi) is 4.88. The second-order valence-corrected chi connectivity index (χ2v) is 4.16. The first-order valence-corrected chi connectivity index (χ1v) is 6.45. The van der Waals surface area contributed by atoms with E-state index >= 15 is 0 Å². The van der Waals surface area contributed by atoms with E-state index in [9.17, 15) is 13.6 Å². The minimum absolute atomic E-state index is 0.145. The largest absolute Gasteiger partial charge is 0.458 e. The molecule has 7 heteroatoms. The van der Waals surface area contributed by atoms with Crippen LogP contribution < -0.4 is 14.3 Å². The zero-order chi connectivity index (χ0) is 16.1. The Hall–Kier alpha value is -2.70. The highest BCUT2D eigenvalue weighted by molar-refractivity contribution is 5.85. The Morgan fingerprint density at radius 1 is 1.23 bits per heavy atom. The fourth-order valence-corrected chi connectivity index (χ4v) is 1.72. The number of pyridine rings is 1. The van der Waals surface area contributed by atoms with Crippen molar-refractivity contribution < 1.29 is 32.6 Å². The maximum absolute atomic E-state index is 13.5. The van der Waals surface area contributed by atoms with E-state index in [-0.39, 0.29) is 23.8 Å². The van der Waals surface area contributed by atoms with Crippen molar-refractivity contribution in [1.82, 2.24) is 0 Å². The van der Waals surface area contributed by atoms with Crippen LogP contribution in [0.5, 0.6) is 11.5 Å². The van der Waals surface area contributed by atoms with Crippen molar-refractivity contribution in [2.24, 2.45) is 0 Å². The van der Waals surface area contributed by atoms with Gasteiger partial charge in [0.2, 0.25) is 0 Å². The first kappa shape index (κ1) is 15.7. The number of benzene rings is 1. The van der Waals surface area contributed by atoms with Gasteiger partial charge in [0.05, 0.1) is 6.61 Å². The molecule has 0 fully saturated rings. The zero-order valence-corrected chi connectivity index (χ0v) is 12.0. The number of esters is 1. The lowest BCUT2D eigenvalue weighted by atomic mass is 10.3. The topological polar surface area (TPSA) is 48.6 Å². The van der Waals surface area contributed by atoms with Crippen LogP contribution in [0.3, 0.4) is 0 Å². The van der Waals surface area contributed by atoms with Crippen LogP contribution in [0.25, 0.3) is 0 Å². The molecule has 1 aromatic carbocycles. The molecule has 22 heavy (non-hydrogen) atoms. The van der Waals surface area contributed by atoms with Gasteiger partial charge in [-0.25, -0.2) is 13.6 Å². The molecule has 1 heterocycles. The van der Waals surface area contributed by atoms with Crippen LogP contribution in [-0.4, -0.2) is 19.7 Å². The van der Waals surface area contributed by atoms with Gasteiger partial charge in [0.15, 0.2) is 17.3 Å². The van der Waals surface area contributed by atoms with Gasteiger partial charge in [-0.15, -0.1) is 0 Å². The van der Waals surface area contributed by atoms with E-state index in [1.807, 2.05) is 0 Å². The number of carbonyl (C=O) groups excluding carboxylic acids is 1. The smallest absolute Gasteiger partial charge is 0.408 e. The molecule has 0 amide bonds. The standard InChI is InChI=1S/C15H14F2NO4/c1-3-21-15(19)13-6-5-11(9-18(13)20-2)22-14-7-4-10(16)8-12(14)17/h4-9H,3H2,1-2H3/q+1. The Bertz CT molecular complexity index is 691. The monoisotopic (exact) mass is 310 g/mol. The summed E-state index contributed by atoms with van der Waals surface area (Å²) in [6.07, 6.45) is 1.34. The van der Waals surface area contributed by atoms with Crippen molar-refractivity contribution >= 4 is 5.97 Å². The Balaban J connectivity index is 2.27. The number of nitrogens with zero attached hydrogens (tertiary/aromatic N) is 1. The van der Waals surface area contributed by atoms with Crippen molar-refractivity contribution in [3.63, 3.8) is 0 Å². The molecule has 0 radical (unpaired) electrons. The van der Waals surface area contributed by atoms with Crippen molar-refractivity contribution in [2.45, 2.75) is 6.92 Å². The van der Waals surface area contributed by atoms with Gasteiger partial charge in [0.1, 0.15) is 12.9 Å². The summed E-state index contributed by atoms with van der Waals surface area (Å²) < 4.78 is 37.7. The molecule has 116 valence electrons. The van der Waals surface area contributed by atoms with Gasteiger partial charge in [-0.3, -0.25) is 4.84 Å². The summed E-state index contributed by atoms with van der Waals surface area (Å²) in [6, 6.07) is 5.83. The zero-order valence-electron chi connectivity index (χ0n) is 12.0. The minimum Gasteiger partial charge on any atom is -0.458 e. The number of hydrogen-bond donors (Lipinski definition) is 0. The lowest BCUT2D eigenvalue weighted by Gasteiger charge is -2.06. The molecule has 0 N–H and O–H groups in total. The Labute approximate surface area is 125 Å². The summed E-state index contributed by atoms with van der Waals surface area (Å²) in [5.74, 6) is -2.04. The van der Waals surface area contributed by atoms with Gasteiger partial charge in [-0.05, 0) is 25.1 Å². The number of hydrogen-bond acceptors (Lipinski definition) is 4. The van der Waals surface area contributed by atoms with Crippen LogP contribution in [0.1, 0.15) is 17.4 Å². The third-order valence-electron chi connectivity index (χ3n) is 2.69. The highest BCUT2D eigenvalue weighted by Gasteiger charge is 2.23. The van der Waals surface area contributed by atoms with Gasteiger partial charge in [0.25, 0.3) is 6.20 Å². The second-order valence-electron chi connectivity index (χ2n) is 4.16. The third kappa shape index (κ3) is 3.49. The second kappa shape index (κ2) is 6.84. The molecule has 0 aliphatic rings. The number of rotatable bonds is 5. The molecule has 0 bridgehead atoms. The lowest BCUT2D eigenvalue weighted by Crippen LogP contribution is -2.46. The van der Waals surface area contributed by atoms with Crippen molar-refractivity contribution in [3.8, 4) is 11.5 Å². The lowest BCUT2D eigenvalue weighted by molar-refractivity contribution is -0.887. The van der Waals surface area contributed by atoms with Crippen LogP contribution in [0.15, 0.2) is 36.5 Å². The summed E-state index contributed by atoms with van der Waals surface area (Å²) in [6.45, 7) is 1.91. The molecule has 1 aromatic heterocycles. The van der Waals surface area contributed by atoms with Gasteiger partial charge >= 0.3 is 11.7 Å². The highest BCUT2D eigenvalue weighted by Crippen LogP contribution is 2.24. The van der Waals surface area contributed by atoms with Crippen LogP contribution in [0.2, 0.25) is 0 Å². The molecule has 0 atom stereocenters. The van der Waals surface area contributed by atoms with E-state index in [1.165, 1.54) is 31.5 Å². The normalized spacial score (nSPS) is 10.2. The van der Waals surface area contributed by atoms with Crippen LogP contribution in [0.4, 0.5) is 8.78 Å². The van der Waals surface area contributed by atoms with E-state index in [2.05, 4.69) is 0 Å². The average molecular weight is 310 g/mol. The van der Waals surface area contributed by atoms with Gasteiger partial charge in [-0.2, -0.15) is 0 Å². The minimum atomic E-state index is -0.835. The molecule has 0 saturated heterocycles. The number of carbonyl (C=O) groups is 1. The van der Waals surface area contributed by atoms with Crippen LogP contribution in [-0.2, 0) is 4.74 Å². The summed E-state index contributed by atoms with van der Waals surface area (Å²) in [5.41, 5.74) is 0.149. The molecular weight excluding hydrogens is 296 g/mol. The van der Waals surface area contributed by atoms with E-state index < -0.39 is 17.6 Å². The highest BCUT2D eigenvalue weighted by atomic mass is 19.1. The molecule has 0 unspecified atom stereocenters. The first-order chi connectivity index (χ1) is 10.5. The van der Waals surface area contributed by atoms with E-state index in [1.54, 1.807) is 6.92 Å². The fourth-order valence-electron chi connectivity index (χ4n) is 1.72. The Morgan fingerprint density at radius 2 is 2.00 bits per heavy atom. The molecule has 0 aliphatic heterocycles. The van der Waals surface area contributed by atoms with Gasteiger partial charge in [-0.1, -0.05) is 0 Å². The fraction of sp³-hybridized carbons (Fsp3) is 0.200. The predicted octanol–water partition coefficient (Wildman–Crippen LogP) is 2.28. The molecule has 2 aromatic rings. The SMILES string of the molecule is CCOC(=O)c1ccc(Oc2ccc(F)cc2F)c[n+]1OC. The van der Waals surface area contributed by atoms with Crippen molar-refractivity contribution in [3.05, 3.63) is 53.9 Å². The maximum Gasteiger partial charge on any atom is 0.408 e. The molecule has 2 rings (SSSR count). The first-order valence-electron chi connectivity index (χ1n) is 6.45. The van der Waals surface area contributed by atoms with Crippen LogP contribution in [0, 0.1) is 11.6 Å². The summed E-state index contributed by atoms with van der Waals surface area (Å²) in [4.78, 5) is 16.7. The summed E-state index contributed by atoms with van der Waals surface area (Å²) in [7, 11) is 1.35. The van der Waals surface area contributed by atoms with E-state index in [4.69, 9.17) is 14.3 Å². The third-order valence-corrected chi connectivity index (χ3v) is 2.69. The average Bonchev–Trinajstić information content (AvgIpc) is 2.50. The van der Waals surface area contributed by atoms with Gasteiger partial charge < -0.3 is 9.47 Å². The molecule has 0 saturated carbocycles. The van der Waals surface area contributed by atoms with Gasteiger partial charge in [0, 0.05) is 16.9 Å². The summed E-state index contributed by atoms with van der Waals surface area (Å²) in [5, 5.41) is 0. The maximum atomic E-state index is 13.5. The molecule has 5 nitrogen and oxygen atoms in total. The van der Waals surface area contributed by atoms with E-state index in [0.29, 0.717) is 6.07 Å². The van der Waals surface area contributed by atoms with Crippen LogP contribution >= 0.6 is 0 Å². The number of halogens is 2. The number of ether oxygens (including phenoxy) is 2. The molecular formula is C15H14F2NO4+. The van der Waals surface area contributed by atoms with Crippen molar-refractivity contribution in [1.29, 1.82) is 0 Å². The molecule has 0 spiro atoms. The number of aromatic nitrogens is 1. The molecule has 0 aliphatic carbocycles. The van der Waals surface area contributed by atoms with Crippen molar-refractivity contribution in [2.75, 3.05) is 13.7 Å². The predicted molar refractivity (Wildman–Crippen MR) is 71.5 cm³/mol. The quantitative estimate of drug-likeness (QED) is 0.628.